The van der Waals surface area contributed by atoms with Crippen molar-refractivity contribution in [2.45, 2.75) is 25.4 Å². The lowest BCUT2D eigenvalue weighted by Crippen LogP contribution is -2.48. The molecule has 0 radical (unpaired) electrons. The van der Waals surface area contributed by atoms with E-state index in [1.54, 1.807) is 6.20 Å². The van der Waals surface area contributed by atoms with E-state index in [9.17, 15) is 0 Å². The van der Waals surface area contributed by atoms with Crippen LogP contribution in [0.5, 0.6) is 0 Å². The number of nitrogens with one attached hydrogen (secondary N) is 1. The topological polar surface area (TPSA) is 44.4 Å². The molecule has 128 valence electrons. The van der Waals surface area contributed by atoms with Crippen LogP contribution in [0.3, 0.4) is 0 Å². The number of benzene rings is 1. The molecule has 2 fully saturated rings. The third-order valence-corrected chi connectivity index (χ3v) is 5.22. The van der Waals surface area contributed by atoms with Crippen LogP contribution in [0.15, 0.2) is 36.7 Å². The molecule has 2 aromatic rings. The fraction of sp³-hybridized carbons (Fsp3) is 0.526. The smallest absolute Gasteiger partial charge is 0.137 e. The molecule has 0 atom stereocenters. The van der Waals surface area contributed by atoms with Gasteiger partial charge in [0.15, 0.2) is 0 Å². The predicted octanol–water partition coefficient (Wildman–Crippen LogP) is 2.37. The molecule has 4 rings (SSSR count). The van der Waals surface area contributed by atoms with Gasteiger partial charge in [-0.2, -0.15) is 0 Å². The number of imidazole rings is 1. The number of likely N-dealkylation sites (tertiary alicyclic amines) is 1. The highest BCUT2D eigenvalue weighted by Gasteiger charge is 2.25. The summed E-state index contributed by atoms with van der Waals surface area (Å²) in [4.78, 5) is 12.7. The lowest BCUT2D eigenvalue weighted by atomic mass is 10.0. The molecule has 0 unspecified atom stereocenters. The number of aromatic nitrogens is 2. The number of hydrogen-bond donors (Lipinski definition) is 1. The lowest BCUT2D eigenvalue weighted by molar-refractivity contribution is 0.000232. The van der Waals surface area contributed by atoms with Crippen molar-refractivity contribution in [3.63, 3.8) is 0 Å². The fourth-order valence-corrected chi connectivity index (χ4v) is 3.88. The third-order valence-electron chi connectivity index (χ3n) is 5.22. The molecular formula is C19H26N4O. The van der Waals surface area contributed by atoms with E-state index in [-0.39, 0.29) is 0 Å². The number of morpholine rings is 1. The highest BCUT2D eigenvalue weighted by atomic mass is 16.5. The zero-order valence-electron chi connectivity index (χ0n) is 14.2. The van der Waals surface area contributed by atoms with Crippen LogP contribution in [0.2, 0.25) is 0 Å². The highest BCUT2D eigenvalue weighted by Crippen LogP contribution is 2.21. The van der Waals surface area contributed by atoms with Crippen molar-refractivity contribution in [1.29, 1.82) is 0 Å². The van der Waals surface area contributed by atoms with Crippen LogP contribution in [-0.2, 0) is 11.3 Å². The first-order valence-corrected chi connectivity index (χ1v) is 9.01. The quantitative estimate of drug-likeness (QED) is 0.937. The van der Waals surface area contributed by atoms with E-state index >= 15 is 0 Å². The van der Waals surface area contributed by atoms with Gasteiger partial charge in [0.05, 0.1) is 13.2 Å². The fourth-order valence-electron chi connectivity index (χ4n) is 3.88. The second-order valence-corrected chi connectivity index (χ2v) is 6.79. The van der Waals surface area contributed by atoms with Crippen molar-refractivity contribution in [1.82, 2.24) is 19.8 Å². The second-order valence-electron chi connectivity index (χ2n) is 6.79. The third kappa shape index (κ3) is 3.69. The standard InChI is InChI=1S/C19H26N4O/c1-2-16(14-17(3-1)19-20-6-7-21-19)15-22-8-4-18(5-9-22)23-10-12-24-13-11-23/h1-3,6-7,14,18H,4-5,8-13,15H2,(H,20,21). The first-order chi connectivity index (χ1) is 11.9. The molecule has 5 nitrogen and oxygen atoms in total. The first-order valence-electron chi connectivity index (χ1n) is 9.01. The number of nitrogens with zero attached hydrogens (tertiary/aromatic N) is 3. The highest BCUT2D eigenvalue weighted by molar-refractivity contribution is 5.55. The van der Waals surface area contributed by atoms with Gasteiger partial charge in [0.25, 0.3) is 0 Å². The molecule has 0 bridgehead atoms. The summed E-state index contributed by atoms with van der Waals surface area (Å²) >= 11 is 0. The van der Waals surface area contributed by atoms with E-state index in [0.717, 1.165) is 44.7 Å². The van der Waals surface area contributed by atoms with Crippen LogP contribution in [0.1, 0.15) is 18.4 Å². The zero-order valence-corrected chi connectivity index (χ0v) is 14.2. The molecule has 24 heavy (non-hydrogen) atoms. The van der Waals surface area contributed by atoms with Gasteiger partial charge in [0.2, 0.25) is 0 Å². The van der Waals surface area contributed by atoms with E-state index in [1.165, 1.54) is 37.1 Å². The molecule has 1 N–H and O–H groups in total. The van der Waals surface area contributed by atoms with Crippen molar-refractivity contribution in [2.75, 3.05) is 39.4 Å². The maximum atomic E-state index is 5.47. The van der Waals surface area contributed by atoms with E-state index < -0.39 is 0 Å². The van der Waals surface area contributed by atoms with Crippen LogP contribution < -0.4 is 0 Å². The van der Waals surface area contributed by atoms with Crippen molar-refractivity contribution >= 4 is 0 Å². The van der Waals surface area contributed by atoms with E-state index in [2.05, 4.69) is 44.0 Å². The maximum Gasteiger partial charge on any atom is 0.137 e. The number of H-pyrrole nitrogens is 1. The molecule has 2 aliphatic heterocycles. The Hall–Kier alpha value is -1.69. The summed E-state index contributed by atoms with van der Waals surface area (Å²) in [7, 11) is 0. The van der Waals surface area contributed by atoms with Crippen LogP contribution in [0, 0.1) is 0 Å². The summed E-state index contributed by atoms with van der Waals surface area (Å²) in [5, 5.41) is 0. The zero-order chi connectivity index (χ0) is 16.2. The Kier molecular flexibility index (Phi) is 4.92. The molecule has 2 saturated heterocycles. The molecule has 5 heteroatoms. The van der Waals surface area contributed by atoms with Crippen LogP contribution in [0.4, 0.5) is 0 Å². The summed E-state index contributed by atoms with van der Waals surface area (Å²) in [6.07, 6.45) is 6.23. The molecule has 2 aliphatic rings. The largest absolute Gasteiger partial charge is 0.379 e. The van der Waals surface area contributed by atoms with Crippen LogP contribution in [0.25, 0.3) is 11.4 Å². The average molecular weight is 326 g/mol. The molecule has 3 heterocycles. The normalized spacial score (nSPS) is 21.2. The van der Waals surface area contributed by atoms with Gasteiger partial charge in [-0.15, -0.1) is 0 Å². The Labute approximate surface area is 143 Å². The SMILES string of the molecule is c1cc(CN2CCC(N3CCOCC3)CC2)cc(-c2ncc[nH]2)c1. The number of aromatic amines is 1. The molecule has 1 aromatic heterocycles. The monoisotopic (exact) mass is 326 g/mol. The number of piperidine rings is 1. The Balaban J connectivity index is 1.33. The number of ether oxygens (including phenoxy) is 1. The van der Waals surface area contributed by atoms with Crippen molar-refractivity contribution in [3.8, 4) is 11.4 Å². The van der Waals surface area contributed by atoms with E-state index in [0.29, 0.717) is 0 Å². The van der Waals surface area contributed by atoms with Crippen molar-refractivity contribution in [3.05, 3.63) is 42.2 Å². The van der Waals surface area contributed by atoms with E-state index in [1.807, 2.05) is 6.20 Å². The predicted molar refractivity (Wildman–Crippen MR) is 94.7 cm³/mol. The molecule has 1 aromatic carbocycles. The average Bonchev–Trinajstić information content (AvgIpc) is 3.18. The second kappa shape index (κ2) is 7.47. The Morgan fingerprint density at radius 2 is 1.96 bits per heavy atom. The Morgan fingerprint density at radius 1 is 1.12 bits per heavy atom. The molecule has 0 amide bonds. The molecule has 0 aliphatic carbocycles. The summed E-state index contributed by atoms with van der Waals surface area (Å²) in [5.41, 5.74) is 2.54. The van der Waals surface area contributed by atoms with E-state index in [4.69, 9.17) is 4.74 Å². The van der Waals surface area contributed by atoms with Gasteiger partial charge < -0.3 is 9.72 Å². The minimum atomic E-state index is 0.750. The Morgan fingerprint density at radius 3 is 2.71 bits per heavy atom. The minimum Gasteiger partial charge on any atom is -0.379 e. The van der Waals surface area contributed by atoms with Crippen molar-refractivity contribution < 1.29 is 4.74 Å². The van der Waals surface area contributed by atoms with Crippen molar-refractivity contribution in [2.24, 2.45) is 0 Å². The number of hydrogen-bond acceptors (Lipinski definition) is 4. The van der Waals surface area contributed by atoms with Gasteiger partial charge in [0.1, 0.15) is 5.82 Å². The number of rotatable bonds is 4. The molecule has 0 spiro atoms. The van der Waals surface area contributed by atoms with Gasteiger partial charge in [-0.3, -0.25) is 9.80 Å². The van der Waals surface area contributed by atoms with Gasteiger partial charge in [0, 0.05) is 43.6 Å². The Bertz CT molecular complexity index is 629. The summed E-state index contributed by atoms with van der Waals surface area (Å²) in [6.45, 7) is 7.43. The van der Waals surface area contributed by atoms with Crippen LogP contribution >= 0.6 is 0 Å². The molecule has 0 saturated carbocycles. The summed E-state index contributed by atoms with van der Waals surface area (Å²) in [6, 6.07) is 9.48. The van der Waals surface area contributed by atoms with Gasteiger partial charge in [-0.05, 0) is 37.6 Å². The maximum absolute atomic E-state index is 5.47. The minimum absolute atomic E-state index is 0.750. The summed E-state index contributed by atoms with van der Waals surface area (Å²) < 4.78 is 5.47. The van der Waals surface area contributed by atoms with Crippen LogP contribution in [-0.4, -0.2) is 65.2 Å². The van der Waals surface area contributed by atoms with Gasteiger partial charge in [-0.25, -0.2) is 4.98 Å². The first kappa shape index (κ1) is 15.8. The molecular weight excluding hydrogens is 300 g/mol. The summed E-state index contributed by atoms with van der Waals surface area (Å²) in [5.74, 6) is 0.947. The lowest BCUT2D eigenvalue weighted by Gasteiger charge is -2.40. The van der Waals surface area contributed by atoms with Gasteiger partial charge in [-0.1, -0.05) is 18.2 Å². The van der Waals surface area contributed by atoms with Gasteiger partial charge >= 0.3 is 0 Å².